The summed E-state index contributed by atoms with van der Waals surface area (Å²) in [5.74, 6) is 2.14. The fourth-order valence-corrected chi connectivity index (χ4v) is 3.64. The molecule has 0 spiro atoms. The number of carbonyl (C=O) groups is 1. The number of thiazole rings is 1. The molecule has 4 rings (SSSR count). The Balaban J connectivity index is 1.46. The van der Waals surface area contributed by atoms with Gasteiger partial charge in [-0.3, -0.25) is 4.79 Å². The number of hydrogen-bond acceptors (Lipinski definition) is 7. The average molecular weight is 448 g/mol. The van der Waals surface area contributed by atoms with Gasteiger partial charge in [0.1, 0.15) is 11.4 Å². The van der Waals surface area contributed by atoms with Crippen LogP contribution in [-0.2, 0) is 0 Å². The van der Waals surface area contributed by atoms with Gasteiger partial charge in [0.2, 0.25) is 0 Å². The predicted molar refractivity (Wildman–Crippen MR) is 126 cm³/mol. The molecule has 0 bridgehead atoms. The molecule has 3 aromatic carbocycles. The van der Waals surface area contributed by atoms with Crippen molar-refractivity contribution in [1.29, 1.82) is 0 Å². The summed E-state index contributed by atoms with van der Waals surface area (Å²) in [7, 11) is 3.16. The van der Waals surface area contributed by atoms with Crippen LogP contribution in [0.15, 0.2) is 78.2 Å². The Bertz CT molecular complexity index is 1210. The number of nitrogens with one attached hydrogen (secondary N) is 2. The van der Waals surface area contributed by atoms with E-state index < -0.39 is 0 Å². The second-order valence-corrected chi connectivity index (χ2v) is 7.46. The van der Waals surface area contributed by atoms with Crippen molar-refractivity contribution in [2.45, 2.75) is 0 Å². The lowest BCUT2D eigenvalue weighted by Crippen LogP contribution is -2.13. The lowest BCUT2D eigenvalue weighted by Gasteiger charge is -2.11. The Morgan fingerprint density at radius 3 is 2.41 bits per heavy atom. The van der Waals surface area contributed by atoms with Crippen LogP contribution in [0.25, 0.3) is 0 Å². The SMILES string of the molecule is COc1ccc(Nc2nc(C(=O)Nc3ccccc3Oc3ccccc3)cs2)cc1OC. The first-order chi connectivity index (χ1) is 15.7. The standard InChI is InChI=1S/C24H21N3O4S/c1-29-21-13-12-16(14-22(21)30-2)25-24-27-19(15-32-24)23(28)26-18-10-6-7-11-20(18)31-17-8-4-3-5-9-17/h3-15H,1-2H3,(H,25,27)(H,26,28). The van der Waals surface area contributed by atoms with E-state index in [2.05, 4.69) is 15.6 Å². The van der Waals surface area contributed by atoms with Crippen molar-refractivity contribution in [2.75, 3.05) is 24.9 Å². The third kappa shape index (κ3) is 4.98. The molecule has 162 valence electrons. The van der Waals surface area contributed by atoms with Gasteiger partial charge in [-0.1, -0.05) is 30.3 Å². The van der Waals surface area contributed by atoms with Crippen LogP contribution in [0.1, 0.15) is 10.5 Å². The summed E-state index contributed by atoms with van der Waals surface area (Å²) in [4.78, 5) is 17.2. The lowest BCUT2D eigenvalue weighted by molar-refractivity contribution is 0.102. The third-order valence-corrected chi connectivity index (χ3v) is 5.24. The molecular weight excluding hydrogens is 426 g/mol. The molecule has 2 N–H and O–H groups in total. The van der Waals surface area contributed by atoms with Gasteiger partial charge >= 0.3 is 0 Å². The molecule has 1 aromatic heterocycles. The van der Waals surface area contributed by atoms with Crippen molar-refractivity contribution in [1.82, 2.24) is 4.98 Å². The van der Waals surface area contributed by atoms with Crippen molar-refractivity contribution >= 4 is 33.8 Å². The summed E-state index contributed by atoms with van der Waals surface area (Å²) in [6.07, 6.45) is 0. The summed E-state index contributed by atoms with van der Waals surface area (Å²) in [6, 6.07) is 22.1. The van der Waals surface area contributed by atoms with Crippen LogP contribution in [0.4, 0.5) is 16.5 Å². The number of hydrogen-bond donors (Lipinski definition) is 2. The molecule has 8 heteroatoms. The van der Waals surface area contributed by atoms with E-state index >= 15 is 0 Å². The zero-order valence-corrected chi connectivity index (χ0v) is 18.3. The molecule has 0 aliphatic rings. The summed E-state index contributed by atoms with van der Waals surface area (Å²) < 4.78 is 16.5. The normalized spacial score (nSPS) is 10.3. The highest BCUT2D eigenvalue weighted by Crippen LogP contribution is 2.32. The van der Waals surface area contributed by atoms with E-state index in [-0.39, 0.29) is 5.91 Å². The largest absolute Gasteiger partial charge is 0.493 e. The Kier molecular flexibility index (Phi) is 6.52. The number of methoxy groups -OCH3 is 2. The van der Waals surface area contributed by atoms with E-state index in [4.69, 9.17) is 14.2 Å². The zero-order valence-electron chi connectivity index (χ0n) is 17.5. The highest BCUT2D eigenvalue weighted by Gasteiger charge is 2.14. The van der Waals surface area contributed by atoms with E-state index in [0.717, 1.165) is 5.69 Å². The van der Waals surface area contributed by atoms with Gasteiger partial charge in [0, 0.05) is 17.1 Å². The Morgan fingerprint density at radius 2 is 1.62 bits per heavy atom. The fraction of sp³-hybridized carbons (Fsp3) is 0.0833. The van der Waals surface area contributed by atoms with E-state index in [1.54, 1.807) is 43.9 Å². The number of anilines is 3. The molecule has 0 aliphatic carbocycles. The molecule has 0 saturated heterocycles. The number of rotatable bonds is 8. The summed E-state index contributed by atoms with van der Waals surface area (Å²) in [6.45, 7) is 0. The molecular formula is C24H21N3O4S. The monoisotopic (exact) mass is 447 g/mol. The highest BCUT2D eigenvalue weighted by atomic mass is 32.1. The summed E-state index contributed by atoms with van der Waals surface area (Å²) in [5.41, 5.74) is 1.63. The molecule has 1 heterocycles. The van der Waals surface area contributed by atoms with Gasteiger partial charge in [0.25, 0.3) is 5.91 Å². The Hall–Kier alpha value is -4.04. The first-order valence-corrected chi connectivity index (χ1v) is 10.6. The average Bonchev–Trinajstić information content (AvgIpc) is 3.29. The maximum absolute atomic E-state index is 12.8. The minimum absolute atomic E-state index is 0.299. The van der Waals surface area contributed by atoms with Crippen molar-refractivity contribution in [3.63, 3.8) is 0 Å². The van der Waals surface area contributed by atoms with Crippen LogP contribution in [0.2, 0.25) is 0 Å². The molecule has 1 amide bonds. The number of nitrogens with zero attached hydrogens (tertiary/aromatic N) is 1. The van der Waals surface area contributed by atoms with Gasteiger partial charge in [-0.2, -0.15) is 0 Å². The maximum Gasteiger partial charge on any atom is 0.275 e. The van der Waals surface area contributed by atoms with Crippen LogP contribution < -0.4 is 24.8 Å². The zero-order chi connectivity index (χ0) is 22.3. The van der Waals surface area contributed by atoms with E-state index in [1.165, 1.54) is 11.3 Å². The number of benzene rings is 3. The number of ether oxygens (including phenoxy) is 3. The smallest absolute Gasteiger partial charge is 0.275 e. The number of carbonyl (C=O) groups excluding carboxylic acids is 1. The molecule has 0 saturated carbocycles. The number of aromatic nitrogens is 1. The quantitative estimate of drug-likeness (QED) is 0.347. The lowest BCUT2D eigenvalue weighted by atomic mass is 10.2. The van der Waals surface area contributed by atoms with Crippen LogP contribution >= 0.6 is 11.3 Å². The second-order valence-electron chi connectivity index (χ2n) is 6.60. The number of para-hydroxylation sites is 3. The topological polar surface area (TPSA) is 81.7 Å². The third-order valence-electron chi connectivity index (χ3n) is 4.48. The minimum Gasteiger partial charge on any atom is -0.493 e. The molecule has 0 fully saturated rings. The molecule has 0 atom stereocenters. The van der Waals surface area contributed by atoms with Gasteiger partial charge in [0.15, 0.2) is 22.4 Å². The van der Waals surface area contributed by atoms with Crippen molar-refractivity contribution in [3.8, 4) is 23.0 Å². The van der Waals surface area contributed by atoms with Crippen molar-refractivity contribution < 1.29 is 19.0 Å². The van der Waals surface area contributed by atoms with E-state index in [0.29, 0.717) is 39.5 Å². The van der Waals surface area contributed by atoms with E-state index in [1.807, 2.05) is 48.5 Å². The minimum atomic E-state index is -0.328. The predicted octanol–water partition coefficient (Wildman–Crippen LogP) is 5.95. The summed E-state index contributed by atoms with van der Waals surface area (Å²) in [5, 5.41) is 8.33. The molecule has 32 heavy (non-hydrogen) atoms. The summed E-state index contributed by atoms with van der Waals surface area (Å²) >= 11 is 1.33. The van der Waals surface area contributed by atoms with Gasteiger partial charge in [-0.15, -0.1) is 11.3 Å². The molecule has 7 nitrogen and oxygen atoms in total. The first-order valence-electron chi connectivity index (χ1n) is 9.74. The van der Waals surface area contributed by atoms with Crippen LogP contribution in [0.5, 0.6) is 23.0 Å². The van der Waals surface area contributed by atoms with Gasteiger partial charge in [-0.05, 0) is 36.4 Å². The fourth-order valence-electron chi connectivity index (χ4n) is 2.93. The second kappa shape index (κ2) is 9.84. The van der Waals surface area contributed by atoms with Gasteiger partial charge in [0.05, 0.1) is 19.9 Å². The molecule has 0 aliphatic heterocycles. The molecule has 4 aromatic rings. The highest BCUT2D eigenvalue weighted by molar-refractivity contribution is 7.14. The first kappa shape index (κ1) is 21.2. The Morgan fingerprint density at radius 1 is 0.875 bits per heavy atom. The molecule has 0 radical (unpaired) electrons. The van der Waals surface area contributed by atoms with E-state index in [9.17, 15) is 4.79 Å². The van der Waals surface area contributed by atoms with Crippen molar-refractivity contribution in [3.05, 3.63) is 83.9 Å². The number of amides is 1. The van der Waals surface area contributed by atoms with Crippen molar-refractivity contribution in [2.24, 2.45) is 0 Å². The van der Waals surface area contributed by atoms with Crippen LogP contribution in [0, 0.1) is 0 Å². The maximum atomic E-state index is 12.8. The van der Waals surface area contributed by atoms with Gasteiger partial charge in [-0.25, -0.2) is 4.98 Å². The van der Waals surface area contributed by atoms with Gasteiger partial charge < -0.3 is 24.8 Å². The molecule has 0 unspecified atom stereocenters. The van der Waals surface area contributed by atoms with Crippen LogP contribution in [-0.4, -0.2) is 25.1 Å². The Labute approximate surface area is 189 Å². The van der Waals surface area contributed by atoms with Crippen LogP contribution in [0.3, 0.4) is 0 Å².